The highest BCUT2D eigenvalue weighted by atomic mass is 15.1. The lowest BCUT2D eigenvalue weighted by Crippen LogP contribution is -2.20. The van der Waals surface area contributed by atoms with Gasteiger partial charge in [-0.3, -0.25) is 4.98 Å². The normalized spacial score (nSPS) is 12.0. The minimum absolute atomic E-state index is 1.05. The van der Waals surface area contributed by atoms with Crippen molar-refractivity contribution in [3.05, 3.63) is 114 Å². The number of hydrogen-bond donors (Lipinski definition) is 0. The molecule has 1 aromatic heterocycles. The molecule has 0 saturated heterocycles. The summed E-state index contributed by atoms with van der Waals surface area (Å²) in [6.07, 6.45) is 24.0. The standard InChI is InChI=1S/C45H67N3/c1-5-9-34-47(35-10-6-2)38-42(40-24-15-13-16-25-40)28-19-21-30-44-32-23-33-45(46-44)31-22-20-29-43(41-26-17-14-18-27-41)39-48(36-11-7-3)37-12-8-4/h13-18,23-27,32-33,38-39H,5-12,19-22,28-31,34-37H2,1-4H3. The molecule has 2 aromatic carbocycles. The molecule has 48 heavy (non-hydrogen) atoms. The lowest BCUT2D eigenvalue weighted by Gasteiger charge is -2.22. The van der Waals surface area contributed by atoms with Gasteiger partial charge in [0.15, 0.2) is 0 Å². The number of hydrogen-bond acceptors (Lipinski definition) is 3. The highest BCUT2D eigenvalue weighted by Gasteiger charge is 2.09. The predicted octanol–water partition coefficient (Wildman–Crippen LogP) is 12.4. The zero-order chi connectivity index (χ0) is 34.1. The van der Waals surface area contributed by atoms with Crippen LogP contribution in [-0.4, -0.2) is 41.0 Å². The summed E-state index contributed by atoms with van der Waals surface area (Å²) in [5.41, 5.74) is 8.20. The van der Waals surface area contributed by atoms with Crippen molar-refractivity contribution in [1.29, 1.82) is 0 Å². The summed E-state index contributed by atoms with van der Waals surface area (Å²) in [6.45, 7) is 13.8. The van der Waals surface area contributed by atoms with E-state index in [2.05, 4.69) is 129 Å². The molecule has 0 aliphatic heterocycles. The summed E-state index contributed by atoms with van der Waals surface area (Å²) in [5, 5.41) is 0. The van der Waals surface area contributed by atoms with Crippen molar-refractivity contribution in [3.63, 3.8) is 0 Å². The zero-order valence-corrected chi connectivity index (χ0v) is 31.1. The van der Waals surface area contributed by atoms with Gasteiger partial charge in [0.2, 0.25) is 0 Å². The molecule has 0 bridgehead atoms. The van der Waals surface area contributed by atoms with Crippen molar-refractivity contribution in [2.75, 3.05) is 26.2 Å². The third-order valence-electron chi connectivity index (χ3n) is 9.28. The zero-order valence-electron chi connectivity index (χ0n) is 31.1. The Morgan fingerprint density at radius 1 is 0.458 bits per heavy atom. The molecule has 0 unspecified atom stereocenters. The fraction of sp³-hybridized carbons (Fsp3) is 0.533. The molecule has 262 valence electrons. The van der Waals surface area contributed by atoms with Gasteiger partial charge in [-0.15, -0.1) is 0 Å². The summed E-state index contributed by atoms with van der Waals surface area (Å²) >= 11 is 0. The summed E-state index contributed by atoms with van der Waals surface area (Å²) < 4.78 is 0. The van der Waals surface area contributed by atoms with E-state index < -0.39 is 0 Å². The van der Waals surface area contributed by atoms with E-state index in [4.69, 9.17) is 4.98 Å². The van der Waals surface area contributed by atoms with E-state index in [-0.39, 0.29) is 0 Å². The smallest absolute Gasteiger partial charge is 0.0406 e. The maximum absolute atomic E-state index is 5.11. The second kappa shape index (κ2) is 24.8. The van der Waals surface area contributed by atoms with E-state index >= 15 is 0 Å². The van der Waals surface area contributed by atoms with Crippen molar-refractivity contribution in [2.24, 2.45) is 0 Å². The number of allylic oxidation sites excluding steroid dienone is 2. The lowest BCUT2D eigenvalue weighted by atomic mass is 9.99. The molecule has 3 aromatic rings. The van der Waals surface area contributed by atoms with Crippen LogP contribution in [0.4, 0.5) is 0 Å². The third kappa shape index (κ3) is 15.7. The van der Waals surface area contributed by atoms with E-state index in [1.165, 1.54) is 111 Å². The van der Waals surface area contributed by atoms with Crippen LogP contribution in [0, 0.1) is 0 Å². The lowest BCUT2D eigenvalue weighted by molar-refractivity contribution is 0.360. The summed E-state index contributed by atoms with van der Waals surface area (Å²) in [6, 6.07) is 28.8. The Kier molecular flexibility index (Phi) is 20.2. The maximum Gasteiger partial charge on any atom is 0.0406 e. The van der Waals surface area contributed by atoms with E-state index in [0.717, 1.165) is 51.9 Å². The number of nitrogens with zero attached hydrogens (tertiary/aromatic N) is 3. The number of rotatable bonds is 26. The first-order valence-corrected chi connectivity index (χ1v) is 19.6. The number of benzene rings is 2. The van der Waals surface area contributed by atoms with E-state index in [0.29, 0.717) is 0 Å². The van der Waals surface area contributed by atoms with Crippen LogP contribution >= 0.6 is 0 Å². The molecule has 0 aliphatic rings. The average Bonchev–Trinajstić information content (AvgIpc) is 3.13. The van der Waals surface area contributed by atoms with Gasteiger partial charge in [0.1, 0.15) is 0 Å². The SMILES string of the molecule is CCCCN(C=C(CCCCc1cccc(CCCCC(=CN(CCCC)CCCC)c2ccccc2)n1)c1ccccc1)CCCC. The van der Waals surface area contributed by atoms with Crippen molar-refractivity contribution in [3.8, 4) is 0 Å². The minimum atomic E-state index is 1.05. The van der Waals surface area contributed by atoms with Gasteiger partial charge in [0, 0.05) is 50.0 Å². The number of unbranched alkanes of at least 4 members (excludes halogenated alkanes) is 6. The van der Waals surface area contributed by atoms with Crippen molar-refractivity contribution >= 4 is 11.1 Å². The Labute approximate surface area is 295 Å². The van der Waals surface area contributed by atoms with E-state index in [9.17, 15) is 0 Å². The Morgan fingerprint density at radius 3 is 1.19 bits per heavy atom. The van der Waals surface area contributed by atoms with Crippen LogP contribution in [-0.2, 0) is 12.8 Å². The predicted molar refractivity (Wildman–Crippen MR) is 211 cm³/mol. The molecule has 0 saturated carbocycles. The fourth-order valence-electron chi connectivity index (χ4n) is 6.29. The van der Waals surface area contributed by atoms with Gasteiger partial charge in [-0.1, -0.05) is 120 Å². The first kappa shape index (κ1) is 39.1. The number of pyridine rings is 1. The Balaban J connectivity index is 1.54. The molecule has 1 heterocycles. The Morgan fingerprint density at radius 2 is 0.833 bits per heavy atom. The highest BCUT2D eigenvalue weighted by molar-refractivity contribution is 5.65. The fourth-order valence-corrected chi connectivity index (χ4v) is 6.29. The monoisotopic (exact) mass is 650 g/mol. The largest absolute Gasteiger partial charge is 0.377 e. The summed E-state index contributed by atoms with van der Waals surface area (Å²) in [4.78, 5) is 10.3. The van der Waals surface area contributed by atoms with Gasteiger partial charge in [-0.2, -0.15) is 0 Å². The Bertz CT molecular complexity index is 1170. The van der Waals surface area contributed by atoms with E-state index in [1.54, 1.807) is 0 Å². The molecule has 3 heteroatoms. The maximum atomic E-state index is 5.11. The molecule has 0 aliphatic carbocycles. The molecule has 0 radical (unpaired) electrons. The average molecular weight is 650 g/mol. The molecule has 0 atom stereocenters. The summed E-state index contributed by atoms with van der Waals surface area (Å²) in [7, 11) is 0. The molecule has 3 nitrogen and oxygen atoms in total. The second-order valence-corrected chi connectivity index (χ2v) is 13.6. The van der Waals surface area contributed by atoms with Crippen molar-refractivity contribution in [1.82, 2.24) is 14.8 Å². The van der Waals surface area contributed by atoms with Gasteiger partial charge in [-0.25, -0.2) is 0 Å². The molecule has 0 N–H and O–H groups in total. The van der Waals surface area contributed by atoms with Gasteiger partial charge in [-0.05, 0) is 111 Å². The second-order valence-electron chi connectivity index (χ2n) is 13.6. The summed E-state index contributed by atoms with van der Waals surface area (Å²) in [5.74, 6) is 0. The Hall–Kier alpha value is -3.33. The van der Waals surface area contributed by atoms with Crippen LogP contribution in [0.3, 0.4) is 0 Å². The van der Waals surface area contributed by atoms with Gasteiger partial charge >= 0.3 is 0 Å². The molecule has 0 spiro atoms. The first-order chi connectivity index (χ1) is 23.7. The first-order valence-electron chi connectivity index (χ1n) is 19.6. The number of aryl methyl sites for hydroxylation is 2. The minimum Gasteiger partial charge on any atom is -0.377 e. The van der Waals surface area contributed by atoms with Crippen LogP contribution in [0.15, 0.2) is 91.3 Å². The van der Waals surface area contributed by atoms with Gasteiger partial charge in [0.05, 0.1) is 0 Å². The third-order valence-corrected chi connectivity index (χ3v) is 9.28. The van der Waals surface area contributed by atoms with Gasteiger partial charge < -0.3 is 9.80 Å². The van der Waals surface area contributed by atoms with Crippen LogP contribution in [0.1, 0.15) is 140 Å². The molecule has 0 fully saturated rings. The number of aromatic nitrogens is 1. The van der Waals surface area contributed by atoms with Crippen LogP contribution < -0.4 is 0 Å². The van der Waals surface area contributed by atoms with Crippen molar-refractivity contribution in [2.45, 2.75) is 130 Å². The highest BCUT2D eigenvalue weighted by Crippen LogP contribution is 2.24. The van der Waals surface area contributed by atoms with Crippen molar-refractivity contribution < 1.29 is 0 Å². The van der Waals surface area contributed by atoms with Gasteiger partial charge in [0.25, 0.3) is 0 Å². The van der Waals surface area contributed by atoms with E-state index in [1.807, 2.05) is 0 Å². The molecule has 3 rings (SSSR count). The topological polar surface area (TPSA) is 19.4 Å². The van der Waals surface area contributed by atoms with Crippen LogP contribution in [0.25, 0.3) is 11.1 Å². The molecule has 0 amide bonds. The van der Waals surface area contributed by atoms with Crippen LogP contribution in [0.5, 0.6) is 0 Å². The van der Waals surface area contributed by atoms with Crippen LogP contribution in [0.2, 0.25) is 0 Å². The quantitative estimate of drug-likeness (QED) is 0.0807. The molecular formula is C45H67N3. The molecular weight excluding hydrogens is 583 g/mol.